The highest BCUT2D eigenvalue weighted by atomic mass is 32.1. The first-order valence-corrected chi connectivity index (χ1v) is 18.7. The molecule has 0 amide bonds. The van der Waals surface area contributed by atoms with Crippen LogP contribution in [0, 0.1) is 0 Å². The van der Waals surface area contributed by atoms with Gasteiger partial charge >= 0.3 is 0 Å². The minimum atomic E-state index is 0.733. The van der Waals surface area contributed by atoms with Crippen LogP contribution >= 0.6 is 11.3 Å². The molecule has 0 saturated carbocycles. The lowest BCUT2D eigenvalue weighted by Gasteiger charge is -2.14. The van der Waals surface area contributed by atoms with Gasteiger partial charge in [0, 0.05) is 58.1 Å². The van der Waals surface area contributed by atoms with Crippen LogP contribution in [0.3, 0.4) is 0 Å². The third-order valence-electron chi connectivity index (χ3n) is 10.9. The second-order valence-electron chi connectivity index (χ2n) is 13.8. The van der Waals surface area contributed by atoms with E-state index in [0.717, 1.165) is 39.1 Å². The van der Waals surface area contributed by atoms with Gasteiger partial charge in [-0.1, -0.05) is 109 Å². The van der Waals surface area contributed by atoms with Crippen LogP contribution in [0.1, 0.15) is 0 Å². The molecular formula is C48H28N4S. The Bertz CT molecular complexity index is 3420. The van der Waals surface area contributed by atoms with Crippen LogP contribution in [0.25, 0.3) is 108 Å². The fourth-order valence-electron chi connectivity index (χ4n) is 8.60. The maximum absolute atomic E-state index is 5.50. The van der Waals surface area contributed by atoms with Gasteiger partial charge in [0.25, 0.3) is 0 Å². The molecule has 5 heteroatoms. The molecule has 8 aromatic carbocycles. The first-order chi connectivity index (χ1) is 26.3. The predicted octanol–water partition coefficient (Wildman–Crippen LogP) is 13.0. The van der Waals surface area contributed by atoms with Crippen molar-refractivity contribution >= 4 is 96.8 Å². The van der Waals surface area contributed by atoms with Gasteiger partial charge in [0.1, 0.15) is 5.82 Å². The van der Waals surface area contributed by atoms with Crippen molar-refractivity contribution in [1.29, 1.82) is 0 Å². The summed E-state index contributed by atoms with van der Waals surface area (Å²) in [6.45, 7) is 0. The van der Waals surface area contributed by atoms with Gasteiger partial charge in [0.2, 0.25) is 0 Å². The molecular weight excluding hydrogens is 665 g/mol. The number of hydrogen-bond acceptors (Lipinski definition) is 3. The quantitative estimate of drug-likeness (QED) is 0.185. The molecule has 0 atom stereocenters. The summed E-state index contributed by atoms with van der Waals surface area (Å²) in [6, 6.07) is 61.2. The van der Waals surface area contributed by atoms with Crippen LogP contribution in [0.2, 0.25) is 0 Å². The third-order valence-corrected chi connectivity index (χ3v) is 12.1. The van der Waals surface area contributed by atoms with E-state index in [-0.39, 0.29) is 0 Å². The van der Waals surface area contributed by atoms with E-state index < -0.39 is 0 Å². The Balaban J connectivity index is 1.16. The number of fused-ring (bicyclic) bond motifs is 11. The molecule has 0 aliphatic heterocycles. The average Bonchev–Trinajstić information content (AvgIpc) is 3.87. The summed E-state index contributed by atoms with van der Waals surface area (Å²) in [5.74, 6) is 1.61. The SMILES string of the molecule is c1cc(-n2c3ccccc3c3ccccc32)c2cc3c4ccccc4n(-c4nc(-c5cccc6c5sc5ccccc56)nc5ccccc45)c3cc2c1. The fourth-order valence-corrected chi connectivity index (χ4v) is 9.81. The number of thiophene rings is 1. The number of benzene rings is 8. The molecule has 0 spiro atoms. The Hall–Kier alpha value is -6.82. The van der Waals surface area contributed by atoms with Gasteiger partial charge in [-0.15, -0.1) is 11.3 Å². The zero-order valence-corrected chi connectivity index (χ0v) is 29.2. The molecule has 0 bridgehead atoms. The Morgan fingerprint density at radius 3 is 1.77 bits per heavy atom. The minimum Gasteiger partial charge on any atom is -0.309 e. The smallest absolute Gasteiger partial charge is 0.163 e. The molecule has 4 aromatic heterocycles. The van der Waals surface area contributed by atoms with Gasteiger partial charge in [-0.05, 0) is 66.0 Å². The van der Waals surface area contributed by atoms with E-state index >= 15 is 0 Å². The van der Waals surface area contributed by atoms with Gasteiger partial charge in [-0.25, -0.2) is 9.97 Å². The molecule has 4 heterocycles. The lowest BCUT2D eigenvalue weighted by molar-refractivity contribution is 1.08. The van der Waals surface area contributed by atoms with Crippen molar-refractivity contribution < 1.29 is 0 Å². The molecule has 0 N–H and O–H groups in total. The molecule has 0 aliphatic rings. The van der Waals surface area contributed by atoms with E-state index in [0.29, 0.717) is 0 Å². The largest absolute Gasteiger partial charge is 0.309 e. The van der Waals surface area contributed by atoms with Crippen molar-refractivity contribution in [3.63, 3.8) is 0 Å². The van der Waals surface area contributed by atoms with Crippen LogP contribution in [0.5, 0.6) is 0 Å². The number of rotatable bonds is 3. The summed E-state index contributed by atoms with van der Waals surface area (Å²) in [4.78, 5) is 10.7. The number of nitrogens with zero attached hydrogens (tertiary/aromatic N) is 4. The highest BCUT2D eigenvalue weighted by Crippen LogP contribution is 2.42. The lowest BCUT2D eigenvalue weighted by atomic mass is 10.0. The second kappa shape index (κ2) is 10.8. The van der Waals surface area contributed by atoms with Crippen molar-refractivity contribution in [2.75, 3.05) is 0 Å². The highest BCUT2D eigenvalue weighted by molar-refractivity contribution is 7.26. The summed E-state index contributed by atoms with van der Waals surface area (Å²) in [6.07, 6.45) is 0. The van der Waals surface area contributed by atoms with Gasteiger partial charge in [0.15, 0.2) is 5.82 Å². The Morgan fingerprint density at radius 1 is 0.396 bits per heavy atom. The summed E-state index contributed by atoms with van der Waals surface area (Å²) in [7, 11) is 0. The van der Waals surface area contributed by atoms with Crippen LogP contribution in [-0.4, -0.2) is 19.1 Å². The molecule has 0 fully saturated rings. The molecule has 0 unspecified atom stereocenters. The zero-order chi connectivity index (χ0) is 34.6. The molecule has 246 valence electrons. The van der Waals surface area contributed by atoms with Crippen molar-refractivity contribution in [1.82, 2.24) is 19.1 Å². The van der Waals surface area contributed by atoms with E-state index in [2.05, 4.69) is 179 Å². The molecule has 0 radical (unpaired) electrons. The normalized spacial score (nSPS) is 12.2. The molecule has 12 aromatic rings. The summed E-state index contributed by atoms with van der Waals surface area (Å²) in [5.41, 5.74) is 7.79. The molecule has 0 saturated heterocycles. The van der Waals surface area contributed by atoms with E-state index in [1.54, 1.807) is 0 Å². The zero-order valence-electron chi connectivity index (χ0n) is 28.4. The molecule has 12 rings (SSSR count). The molecule has 53 heavy (non-hydrogen) atoms. The average molecular weight is 693 g/mol. The maximum Gasteiger partial charge on any atom is 0.163 e. The standard InChI is InChI=1S/C48H28N4S/c1-6-21-39-35(18-1)48(50-47(49-39)36-20-12-19-34-33-17-5-10-26-45(33)53-46(34)36)52-42-24-9-4-16-32(42)38-28-37-29(27-44(38)52)13-11-25-43(37)51-40-22-7-2-14-30(40)31-15-3-8-23-41(31)51/h1-28H. The first-order valence-electron chi connectivity index (χ1n) is 17.9. The molecule has 0 aliphatic carbocycles. The first kappa shape index (κ1) is 28.8. The second-order valence-corrected chi connectivity index (χ2v) is 14.8. The van der Waals surface area contributed by atoms with Crippen molar-refractivity contribution in [3.8, 4) is 22.9 Å². The van der Waals surface area contributed by atoms with E-state index in [9.17, 15) is 0 Å². The number of hydrogen-bond donors (Lipinski definition) is 0. The number of aromatic nitrogens is 4. The van der Waals surface area contributed by atoms with Gasteiger partial charge < -0.3 is 4.57 Å². The summed E-state index contributed by atoms with van der Waals surface area (Å²) < 4.78 is 7.26. The van der Waals surface area contributed by atoms with Gasteiger partial charge in [0.05, 0.1) is 33.3 Å². The van der Waals surface area contributed by atoms with Gasteiger partial charge in [-0.2, -0.15) is 0 Å². The van der Waals surface area contributed by atoms with Crippen LogP contribution in [0.15, 0.2) is 170 Å². The Labute approximate surface area is 307 Å². The third kappa shape index (κ3) is 4.05. The minimum absolute atomic E-state index is 0.733. The van der Waals surface area contributed by atoms with E-state index in [4.69, 9.17) is 9.97 Å². The summed E-state index contributed by atoms with van der Waals surface area (Å²) >= 11 is 1.81. The predicted molar refractivity (Wildman–Crippen MR) is 224 cm³/mol. The Morgan fingerprint density at radius 2 is 1.00 bits per heavy atom. The monoisotopic (exact) mass is 692 g/mol. The lowest BCUT2D eigenvalue weighted by Crippen LogP contribution is -2.03. The number of para-hydroxylation sites is 4. The fraction of sp³-hybridized carbons (Fsp3) is 0. The Kier molecular flexibility index (Phi) is 5.90. The highest BCUT2D eigenvalue weighted by Gasteiger charge is 2.21. The molecule has 4 nitrogen and oxygen atoms in total. The van der Waals surface area contributed by atoms with Crippen LogP contribution in [0.4, 0.5) is 0 Å². The van der Waals surface area contributed by atoms with E-state index in [1.165, 1.54) is 69.2 Å². The van der Waals surface area contributed by atoms with Crippen molar-refractivity contribution in [3.05, 3.63) is 170 Å². The topological polar surface area (TPSA) is 35.6 Å². The maximum atomic E-state index is 5.50. The van der Waals surface area contributed by atoms with Crippen LogP contribution < -0.4 is 0 Å². The summed E-state index contributed by atoms with van der Waals surface area (Å²) in [5, 5.41) is 10.8. The van der Waals surface area contributed by atoms with Gasteiger partial charge in [-0.3, -0.25) is 4.57 Å². The van der Waals surface area contributed by atoms with Crippen molar-refractivity contribution in [2.24, 2.45) is 0 Å². The van der Waals surface area contributed by atoms with E-state index in [1.807, 2.05) is 11.3 Å². The van der Waals surface area contributed by atoms with Crippen LogP contribution in [-0.2, 0) is 0 Å². The van der Waals surface area contributed by atoms with Crippen molar-refractivity contribution in [2.45, 2.75) is 0 Å².